The number of rotatable bonds is 2. The number of likely N-dealkylation sites (tertiary alicyclic amines) is 1. The number of nitrogens with zero attached hydrogens (tertiary/aromatic N) is 3. The molecule has 0 spiro atoms. The Morgan fingerprint density at radius 1 is 1.40 bits per heavy atom. The van der Waals surface area contributed by atoms with E-state index < -0.39 is 6.10 Å². The second-order valence-corrected chi connectivity index (χ2v) is 5.81. The molecule has 2 atom stereocenters. The second-order valence-electron chi connectivity index (χ2n) is 5.03. The largest absolute Gasteiger partial charge is 0.391 e. The van der Waals surface area contributed by atoms with E-state index in [1.165, 1.54) is 11.3 Å². The van der Waals surface area contributed by atoms with E-state index in [9.17, 15) is 9.90 Å². The summed E-state index contributed by atoms with van der Waals surface area (Å²) in [5.41, 5.74) is 0.741. The number of hydrogen-bond acceptors (Lipinski definition) is 4. The lowest BCUT2D eigenvalue weighted by atomic mass is 10.1. The lowest BCUT2D eigenvalue weighted by Gasteiger charge is -2.21. The van der Waals surface area contributed by atoms with Gasteiger partial charge < -0.3 is 14.6 Å². The highest BCUT2D eigenvalue weighted by Crippen LogP contribution is 2.24. The van der Waals surface area contributed by atoms with Gasteiger partial charge in [-0.05, 0) is 24.3 Å². The fraction of sp³-hybridized carbons (Fsp3) is 0.429. The highest BCUT2D eigenvalue weighted by Gasteiger charge is 2.28. The summed E-state index contributed by atoms with van der Waals surface area (Å²) >= 11 is 1.53. The SMILES string of the molecule is O=C(c1ccsc1)N1CC[C@H](O)[C@@H](n2ccnc2)CC1. The zero-order chi connectivity index (χ0) is 13.9. The zero-order valence-corrected chi connectivity index (χ0v) is 11.9. The van der Waals surface area contributed by atoms with Gasteiger partial charge in [0.1, 0.15) is 0 Å². The second kappa shape index (κ2) is 5.76. The van der Waals surface area contributed by atoms with E-state index in [1.807, 2.05) is 32.5 Å². The Labute approximate surface area is 121 Å². The summed E-state index contributed by atoms with van der Waals surface area (Å²) in [4.78, 5) is 18.2. The van der Waals surface area contributed by atoms with Crippen molar-refractivity contribution in [3.8, 4) is 0 Å². The molecule has 0 aromatic carbocycles. The molecule has 0 radical (unpaired) electrons. The standard InChI is InChI=1S/C14H17N3O2S/c18-13-2-6-16(14(19)11-3-8-20-9-11)5-1-12(13)17-7-4-15-10-17/h3-4,7-10,12-13,18H,1-2,5-6H2/t12-,13-/m0/s1. The summed E-state index contributed by atoms with van der Waals surface area (Å²) in [5.74, 6) is 0.0599. The quantitative estimate of drug-likeness (QED) is 0.917. The number of carbonyl (C=O) groups excluding carboxylic acids is 1. The molecular weight excluding hydrogens is 274 g/mol. The Bertz CT molecular complexity index is 553. The third-order valence-electron chi connectivity index (χ3n) is 3.80. The van der Waals surface area contributed by atoms with Crippen molar-refractivity contribution >= 4 is 17.2 Å². The third kappa shape index (κ3) is 2.62. The molecule has 1 aliphatic rings. The van der Waals surface area contributed by atoms with Crippen molar-refractivity contribution in [1.29, 1.82) is 0 Å². The fourth-order valence-electron chi connectivity index (χ4n) is 2.66. The smallest absolute Gasteiger partial charge is 0.254 e. The van der Waals surface area contributed by atoms with Gasteiger partial charge in [-0.1, -0.05) is 0 Å². The van der Waals surface area contributed by atoms with Crippen molar-refractivity contribution in [2.24, 2.45) is 0 Å². The molecule has 3 rings (SSSR count). The van der Waals surface area contributed by atoms with Crippen molar-refractivity contribution in [1.82, 2.24) is 14.5 Å². The van der Waals surface area contributed by atoms with Gasteiger partial charge in [-0.2, -0.15) is 11.3 Å². The molecule has 1 aliphatic heterocycles. The molecule has 2 aromatic heterocycles. The number of thiophene rings is 1. The minimum Gasteiger partial charge on any atom is -0.391 e. The predicted octanol–water partition coefficient (Wildman–Crippen LogP) is 1.78. The monoisotopic (exact) mass is 291 g/mol. The van der Waals surface area contributed by atoms with Crippen molar-refractivity contribution < 1.29 is 9.90 Å². The van der Waals surface area contributed by atoms with Gasteiger partial charge in [0.25, 0.3) is 5.91 Å². The molecule has 1 fully saturated rings. The van der Waals surface area contributed by atoms with Crippen molar-refractivity contribution in [2.75, 3.05) is 13.1 Å². The minimum absolute atomic E-state index is 0.00206. The Morgan fingerprint density at radius 3 is 2.95 bits per heavy atom. The maximum absolute atomic E-state index is 12.3. The highest BCUT2D eigenvalue weighted by atomic mass is 32.1. The average molecular weight is 291 g/mol. The fourth-order valence-corrected chi connectivity index (χ4v) is 3.29. The van der Waals surface area contributed by atoms with Crippen molar-refractivity contribution in [3.63, 3.8) is 0 Å². The van der Waals surface area contributed by atoms with Crippen LogP contribution in [0.5, 0.6) is 0 Å². The number of imidazole rings is 1. The van der Waals surface area contributed by atoms with E-state index in [1.54, 1.807) is 12.5 Å². The van der Waals surface area contributed by atoms with E-state index in [0.717, 1.165) is 12.0 Å². The van der Waals surface area contributed by atoms with Crippen LogP contribution in [0.2, 0.25) is 0 Å². The Morgan fingerprint density at radius 2 is 2.25 bits per heavy atom. The van der Waals surface area contributed by atoms with Gasteiger partial charge in [0.15, 0.2) is 0 Å². The lowest BCUT2D eigenvalue weighted by Crippen LogP contribution is -2.31. The summed E-state index contributed by atoms with van der Waals surface area (Å²) in [7, 11) is 0. The Balaban J connectivity index is 1.71. The van der Waals surface area contributed by atoms with E-state index >= 15 is 0 Å². The van der Waals surface area contributed by atoms with Gasteiger partial charge in [-0.3, -0.25) is 4.79 Å². The minimum atomic E-state index is -0.440. The van der Waals surface area contributed by atoms with Gasteiger partial charge in [0, 0.05) is 30.9 Å². The van der Waals surface area contributed by atoms with Crippen LogP contribution in [0.25, 0.3) is 0 Å². The maximum Gasteiger partial charge on any atom is 0.254 e. The van der Waals surface area contributed by atoms with Crippen LogP contribution in [-0.4, -0.2) is 44.7 Å². The van der Waals surface area contributed by atoms with Gasteiger partial charge in [0.05, 0.1) is 24.0 Å². The van der Waals surface area contributed by atoms with E-state index in [0.29, 0.717) is 19.5 Å². The average Bonchev–Trinajstić information content (AvgIpc) is 3.12. The molecule has 1 amide bonds. The molecule has 5 nitrogen and oxygen atoms in total. The van der Waals surface area contributed by atoms with Gasteiger partial charge in [-0.15, -0.1) is 0 Å². The third-order valence-corrected chi connectivity index (χ3v) is 4.48. The molecule has 1 saturated heterocycles. The highest BCUT2D eigenvalue weighted by molar-refractivity contribution is 7.08. The topological polar surface area (TPSA) is 58.4 Å². The predicted molar refractivity (Wildman–Crippen MR) is 76.7 cm³/mol. The summed E-state index contributed by atoms with van der Waals surface area (Å²) < 4.78 is 1.93. The molecule has 106 valence electrons. The maximum atomic E-state index is 12.3. The lowest BCUT2D eigenvalue weighted by molar-refractivity contribution is 0.0752. The van der Waals surface area contributed by atoms with E-state index in [-0.39, 0.29) is 11.9 Å². The van der Waals surface area contributed by atoms with Crippen molar-refractivity contribution in [2.45, 2.75) is 25.0 Å². The molecular formula is C14H17N3O2S. The van der Waals surface area contributed by atoms with Crippen LogP contribution in [0.3, 0.4) is 0 Å². The molecule has 20 heavy (non-hydrogen) atoms. The first-order valence-electron chi connectivity index (χ1n) is 6.72. The van der Waals surface area contributed by atoms with Crippen LogP contribution in [0.1, 0.15) is 29.2 Å². The van der Waals surface area contributed by atoms with Crippen LogP contribution < -0.4 is 0 Å². The van der Waals surface area contributed by atoms with Crippen molar-refractivity contribution in [3.05, 3.63) is 41.1 Å². The molecule has 1 N–H and O–H groups in total. The first-order valence-corrected chi connectivity index (χ1v) is 7.67. The molecule has 0 saturated carbocycles. The van der Waals surface area contributed by atoms with E-state index in [4.69, 9.17) is 0 Å². The normalized spacial score (nSPS) is 23.6. The number of aliphatic hydroxyl groups excluding tert-OH is 1. The summed E-state index contributed by atoms with van der Waals surface area (Å²) in [5, 5.41) is 14.0. The molecule has 0 aliphatic carbocycles. The summed E-state index contributed by atoms with van der Waals surface area (Å²) in [6.45, 7) is 1.26. The van der Waals surface area contributed by atoms with Crippen LogP contribution >= 0.6 is 11.3 Å². The van der Waals surface area contributed by atoms with Crippen LogP contribution in [0, 0.1) is 0 Å². The van der Waals surface area contributed by atoms with Gasteiger partial charge in [-0.25, -0.2) is 4.98 Å². The Kier molecular flexibility index (Phi) is 3.84. The zero-order valence-electron chi connectivity index (χ0n) is 11.1. The first kappa shape index (κ1) is 13.3. The molecule has 3 heterocycles. The number of aliphatic hydroxyl groups is 1. The van der Waals surface area contributed by atoms with Gasteiger partial charge >= 0.3 is 0 Å². The molecule has 6 heteroatoms. The molecule has 0 unspecified atom stereocenters. The van der Waals surface area contributed by atoms with Crippen LogP contribution in [0.15, 0.2) is 35.5 Å². The van der Waals surface area contributed by atoms with Crippen LogP contribution in [0.4, 0.5) is 0 Å². The van der Waals surface area contributed by atoms with E-state index in [2.05, 4.69) is 4.98 Å². The molecule has 0 bridgehead atoms. The summed E-state index contributed by atoms with van der Waals surface area (Å²) in [6.07, 6.45) is 6.21. The number of aromatic nitrogens is 2. The number of carbonyl (C=O) groups is 1. The molecule has 2 aromatic rings. The summed E-state index contributed by atoms with van der Waals surface area (Å²) in [6, 6.07) is 1.85. The number of hydrogen-bond donors (Lipinski definition) is 1. The van der Waals surface area contributed by atoms with Crippen LogP contribution in [-0.2, 0) is 0 Å². The first-order chi connectivity index (χ1) is 9.75. The Hall–Kier alpha value is -1.66. The number of amides is 1. The van der Waals surface area contributed by atoms with Gasteiger partial charge in [0.2, 0.25) is 0 Å².